The minimum absolute atomic E-state index is 0.108. The number of carboxylic acids is 1. The van der Waals surface area contributed by atoms with E-state index >= 15 is 0 Å². The Morgan fingerprint density at radius 2 is 2.44 bits per heavy atom. The summed E-state index contributed by atoms with van der Waals surface area (Å²) in [5, 5.41) is 18.8. The number of aryl methyl sites for hydroxylation is 1. The molecule has 0 aliphatic heterocycles. The molecule has 8 nitrogen and oxygen atoms in total. The summed E-state index contributed by atoms with van der Waals surface area (Å²) in [5.74, 6) is -0.921. The Morgan fingerprint density at radius 1 is 1.75 bits per heavy atom. The van der Waals surface area contributed by atoms with E-state index in [0.29, 0.717) is 5.56 Å². The maximum absolute atomic E-state index is 10.5. The number of hydrogen-bond acceptors (Lipinski definition) is 6. The molecule has 0 bridgehead atoms. The van der Waals surface area contributed by atoms with Gasteiger partial charge < -0.3 is 5.11 Å². The number of pyridine rings is 1. The van der Waals surface area contributed by atoms with Gasteiger partial charge in [0.1, 0.15) is 12.0 Å². The zero-order valence-corrected chi connectivity index (χ0v) is 8.34. The number of aliphatic carboxylic acids is 1. The van der Waals surface area contributed by atoms with Gasteiger partial charge in [-0.25, -0.2) is 15.3 Å². The van der Waals surface area contributed by atoms with Crippen molar-refractivity contribution < 1.29 is 19.7 Å². The average Bonchev–Trinajstić information content (AvgIpc) is 2.16. The summed E-state index contributed by atoms with van der Waals surface area (Å²) in [6, 6.07) is 1.39. The first-order valence-electron chi connectivity index (χ1n) is 4.21. The van der Waals surface area contributed by atoms with Crippen LogP contribution in [0.4, 0.5) is 11.5 Å². The molecule has 86 valence electrons. The van der Waals surface area contributed by atoms with Crippen molar-refractivity contribution in [3.63, 3.8) is 0 Å². The van der Waals surface area contributed by atoms with Crippen molar-refractivity contribution in [3.8, 4) is 0 Å². The lowest BCUT2D eigenvalue weighted by atomic mass is 10.2. The van der Waals surface area contributed by atoms with Crippen LogP contribution in [0.15, 0.2) is 12.3 Å². The van der Waals surface area contributed by atoms with Gasteiger partial charge in [0.05, 0.1) is 4.92 Å². The average molecular weight is 227 g/mol. The summed E-state index contributed by atoms with van der Waals surface area (Å²) in [6.07, 6.45) is 1.07. The summed E-state index contributed by atoms with van der Waals surface area (Å²) in [5.41, 5.74) is 2.56. The van der Waals surface area contributed by atoms with Crippen LogP contribution in [-0.2, 0) is 9.63 Å². The molecule has 0 atom stereocenters. The zero-order chi connectivity index (χ0) is 12.1. The highest BCUT2D eigenvalue weighted by Gasteiger charge is 2.11. The summed E-state index contributed by atoms with van der Waals surface area (Å²) < 4.78 is 0. The van der Waals surface area contributed by atoms with Gasteiger partial charge in [-0.15, -0.1) is 0 Å². The van der Waals surface area contributed by atoms with Crippen LogP contribution in [0.1, 0.15) is 5.56 Å². The Labute approximate surface area is 90.0 Å². The molecule has 0 radical (unpaired) electrons. The predicted molar refractivity (Wildman–Crippen MR) is 52.8 cm³/mol. The maximum Gasteiger partial charge on any atom is 0.332 e. The lowest BCUT2D eigenvalue weighted by Gasteiger charge is -2.04. The van der Waals surface area contributed by atoms with Crippen molar-refractivity contribution in [1.29, 1.82) is 0 Å². The van der Waals surface area contributed by atoms with Gasteiger partial charge in [0.2, 0.25) is 0 Å². The van der Waals surface area contributed by atoms with Crippen molar-refractivity contribution in [2.75, 3.05) is 12.1 Å². The molecule has 8 heteroatoms. The fourth-order valence-electron chi connectivity index (χ4n) is 0.968. The van der Waals surface area contributed by atoms with Crippen LogP contribution in [0, 0.1) is 17.0 Å². The van der Waals surface area contributed by atoms with Crippen molar-refractivity contribution in [1.82, 2.24) is 4.98 Å². The van der Waals surface area contributed by atoms with Crippen LogP contribution in [0.3, 0.4) is 0 Å². The van der Waals surface area contributed by atoms with Gasteiger partial charge in [0, 0.05) is 5.56 Å². The molecule has 0 saturated carbocycles. The third kappa shape index (κ3) is 3.17. The summed E-state index contributed by atoms with van der Waals surface area (Å²) in [6.45, 7) is 1.01. The van der Waals surface area contributed by atoms with Gasteiger partial charge in [0.15, 0.2) is 6.61 Å². The highest BCUT2D eigenvalue weighted by atomic mass is 16.7. The molecular weight excluding hydrogens is 218 g/mol. The fourth-order valence-corrected chi connectivity index (χ4v) is 0.968. The smallest absolute Gasteiger partial charge is 0.332 e. The molecular formula is C8H9N3O5. The monoisotopic (exact) mass is 227 g/mol. The Morgan fingerprint density at radius 3 is 2.94 bits per heavy atom. The number of anilines is 1. The minimum atomic E-state index is -1.13. The lowest BCUT2D eigenvalue weighted by Crippen LogP contribution is -2.12. The van der Waals surface area contributed by atoms with E-state index in [1.165, 1.54) is 6.07 Å². The number of carbonyl (C=O) groups is 1. The summed E-state index contributed by atoms with van der Waals surface area (Å²) >= 11 is 0. The fraction of sp³-hybridized carbons (Fsp3) is 0.250. The van der Waals surface area contributed by atoms with Crippen LogP contribution in [0.2, 0.25) is 0 Å². The van der Waals surface area contributed by atoms with E-state index in [0.717, 1.165) is 6.20 Å². The van der Waals surface area contributed by atoms with Crippen molar-refractivity contribution in [2.24, 2.45) is 0 Å². The number of nitrogens with zero attached hydrogens (tertiary/aromatic N) is 2. The Hall–Kier alpha value is -2.22. The number of carboxylic acid groups (broad SMARTS) is 1. The standard InChI is InChI=1S/C8H9N3O5/c1-5-2-7(10-16-4-8(12)13)9-3-6(5)11(14)15/h2-3H,4H2,1H3,(H,9,10)(H,12,13). The highest BCUT2D eigenvalue weighted by molar-refractivity contribution is 5.68. The third-order valence-electron chi connectivity index (χ3n) is 1.65. The van der Waals surface area contributed by atoms with Gasteiger partial charge in [-0.05, 0) is 13.0 Å². The van der Waals surface area contributed by atoms with E-state index < -0.39 is 17.5 Å². The largest absolute Gasteiger partial charge is 0.479 e. The molecule has 0 fully saturated rings. The third-order valence-corrected chi connectivity index (χ3v) is 1.65. The van der Waals surface area contributed by atoms with E-state index in [2.05, 4.69) is 15.3 Å². The number of nitrogens with one attached hydrogen (secondary N) is 1. The number of rotatable bonds is 5. The van der Waals surface area contributed by atoms with Crippen LogP contribution in [0.25, 0.3) is 0 Å². The molecule has 0 aliphatic carbocycles. The van der Waals surface area contributed by atoms with E-state index in [9.17, 15) is 14.9 Å². The lowest BCUT2D eigenvalue weighted by molar-refractivity contribution is -0.385. The zero-order valence-electron chi connectivity index (χ0n) is 8.34. The number of hydrogen-bond donors (Lipinski definition) is 2. The molecule has 1 rings (SSSR count). The van der Waals surface area contributed by atoms with Gasteiger partial charge >= 0.3 is 5.97 Å². The van der Waals surface area contributed by atoms with Crippen LogP contribution >= 0.6 is 0 Å². The second-order valence-corrected chi connectivity index (χ2v) is 2.90. The number of nitro groups is 1. The minimum Gasteiger partial charge on any atom is -0.479 e. The molecule has 16 heavy (non-hydrogen) atoms. The first kappa shape index (κ1) is 11.9. The van der Waals surface area contributed by atoms with Crippen LogP contribution in [0.5, 0.6) is 0 Å². The predicted octanol–water partition coefficient (Wildman–Crippen LogP) is 0.726. The molecule has 0 amide bonds. The second-order valence-electron chi connectivity index (χ2n) is 2.90. The van der Waals surface area contributed by atoms with E-state index in [1.807, 2.05) is 0 Å². The summed E-state index contributed by atoms with van der Waals surface area (Å²) in [4.78, 5) is 28.3. The Kier molecular flexibility index (Phi) is 3.72. The van der Waals surface area contributed by atoms with E-state index in [1.54, 1.807) is 6.92 Å². The van der Waals surface area contributed by atoms with E-state index in [-0.39, 0.29) is 11.5 Å². The normalized spacial score (nSPS) is 9.81. The van der Waals surface area contributed by atoms with Gasteiger partial charge in [-0.2, -0.15) is 0 Å². The maximum atomic E-state index is 10.5. The van der Waals surface area contributed by atoms with Gasteiger partial charge in [0.25, 0.3) is 5.69 Å². The molecule has 1 aromatic heterocycles. The highest BCUT2D eigenvalue weighted by Crippen LogP contribution is 2.18. The molecule has 0 aromatic carbocycles. The molecule has 1 heterocycles. The molecule has 0 spiro atoms. The SMILES string of the molecule is Cc1cc(NOCC(=O)O)ncc1[N+](=O)[O-]. The second kappa shape index (κ2) is 5.03. The Balaban J connectivity index is 2.66. The topological polar surface area (TPSA) is 115 Å². The van der Waals surface area contributed by atoms with Crippen molar-refractivity contribution in [2.45, 2.75) is 6.92 Å². The molecule has 0 unspecified atom stereocenters. The first-order valence-corrected chi connectivity index (χ1v) is 4.21. The van der Waals surface area contributed by atoms with Crippen molar-refractivity contribution >= 4 is 17.5 Å². The van der Waals surface area contributed by atoms with Crippen LogP contribution < -0.4 is 5.48 Å². The molecule has 0 saturated heterocycles. The summed E-state index contributed by atoms with van der Waals surface area (Å²) in [7, 11) is 0. The molecule has 2 N–H and O–H groups in total. The number of aromatic nitrogens is 1. The van der Waals surface area contributed by atoms with Gasteiger partial charge in [-0.1, -0.05) is 0 Å². The van der Waals surface area contributed by atoms with Crippen LogP contribution in [-0.4, -0.2) is 27.6 Å². The van der Waals surface area contributed by atoms with Gasteiger partial charge in [-0.3, -0.25) is 15.0 Å². The molecule has 1 aromatic rings. The molecule has 0 aliphatic rings. The first-order chi connectivity index (χ1) is 7.50. The Bertz CT molecular complexity index is 420. The quantitative estimate of drug-likeness (QED) is 0.562. The van der Waals surface area contributed by atoms with E-state index in [4.69, 9.17) is 5.11 Å². The van der Waals surface area contributed by atoms with Crippen molar-refractivity contribution in [3.05, 3.63) is 27.9 Å².